The minimum absolute atomic E-state index is 0.0987. The van der Waals surface area contributed by atoms with E-state index < -0.39 is 11.6 Å². The van der Waals surface area contributed by atoms with Gasteiger partial charge in [0.15, 0.2) is 17.5 Å². The van der Waals surface area contributed by atoms with Crippen molar-refractivity contribution in [1.29, 1.82) is 0 Å². The van der Waals surface area contributed by atoms with Crippen molar-refractivity contribution in [1.82, 2.24) is 9.97 Å². The Morgan fingerprint density at radius 3 is 2.75 bits per heavy atom. The fourth-order valence-electron chi connectivity index (χ4n) is 1.72. The molecule has 20 heavy (non-hydrogen) atoms. The highest BCUT2D eigenvalue weighted by molar-refractivity contribution is 5.63. The number of hydrogen-bond donors (Lipinski definition) is 1. The van der Waals surface area contributed by atoms with Crippen molar-refractivity contribution in [3.05, 3.63) is 41.7 Å². The van der Waals surface area contributed by atoms with Gasteiger partial charge in [-0.25, -0.2) is 18.7 Å². The Morgan fingerprint density at radius 1 is 1.25 bits per heavy atom. The maximum absolute atomic E-state index is 13.8. The summed E-state index contributed by atoms with van der Waals surface area (Å²) in [5.41, 5.74) is 0.415. The van der Waals surface area contributed by atoms with Crippen molar-refractivity contribution in [3.63, 3.8) is 0 Å². The molecule has 0 fully saturated rings. The molecule has 1 heterocycles. The van der Waals surface area contributed by atoms with E-state index in [0.29, 0.717) is 23.9 Å². The molecule has 0 aliphatic carbocycles. The molecule has 106 valence electrons. The third-order valence-corrected chi connectivity index (χ3v) is 2.69. The molecule has 0 saturated heterocycles. The molecule has 6 heteroatoms. The Bertz CT molecular complexity index is 605. The van der Waals surface area contributed by atoms with E-state index in [1.54, 1.807) is 13.1 Å². The fourth-order valence-corrected chi connectivity index (χ4v) is 1.72. The number of nitrogens with one attached hydrogen (secondary N) is 1. The number of halogens is 2. The Hall–Kier alpha value is -2.08. The van der Waals surface area contributed by atoms with Crippen LogP contribution in [0.25, 0.3) is 11.3 Å². The van der Waals surface area contributed by atoms with E-state index >= 15 is 0 Å². The zero-order chi connectivity index (χ0) is 14.5. The van der Waals surface area contributed by atoms with E-state index in [1.807, 2.05) is 6.92 Å². The van der Waals surface area contributed by atoms with Gasteiger partial charge < -0.3 is 10.1 Å². The second-order valence-corrected chi connectivity index (χ2v) is 4.04. The Morgan fingerprint density at radius 2 is 2.05 bits per heavy atom. The lowest BCUT2D eigenvalue weighted by molar-refractivity contribution is 0.128. The molecule has 0 atom stereocenters. The first-order valence-corrected chi connectivity index (χ1v) is 6.23. The average Bonchev–Trinajstić information content (AvgIpc) is 2.47. The fraction of sp³-hybridized carbons (Fsp3) is 0.286. The monoisotopic (exact) mass is 279 g/mol. The molecule has 2 aromatic rings. The summed E-state index contributed by atoms with van der Waals surface area (Å²) in [5.74, 6) is -0.889. The van der Waals surface area contributed by atoms with E-state index in [1.165, 1.54) is 12.1 Å². The van der Waals surface area contributed by atoms with Gasteiger partial charge in [0.1, 0.15) is 12.4 Å². The highest BCUT2D eigenvalue weighted by Gasteiger charge is 2.13. The first kappa shape index (κ1) is 14.3. The molecule has 1 aromatic heterocycles. The molecule has 0 amide bonds. The summed E-state index contributed by atoms with van der Waals surface area (Å²) in [5, 5.41) is 2.87. The SMILES string of the molecule is CCOCc1nc(NC)cc(-c2cccc(F)c2F)n1. The van der Waals surface area contributed by atoms with Gasteiger partial charge in [-0.15, -0.1) is 0 Å². The molecule has 1 N–H and O–H groups in total. The van der Waals surface area contributed by atoms with Gasteiger partial charge >= 0.3 is 0 Å². The summed E-state index contributed by atoms with van der Waals surface area (Å²) in [4.78, 5) is 8.41. The maximum Gasteiger partial charge on any atom is 0.168 e. The summed E-state index contributed by atoms with van der Waals surface area (Å²) in [6, 6.07) is 5.55. The second kappa shape index (κ2) is 6.38. The number of ether oxygens (including phenoxy) is 1. The standard InChI is InChI=1S/C14H15F2N3O/c1-3-20-8-13-18-11(7-12(17-2)19-13)9-5-4-6-10(15)14(9)16/h4-7H,3,8H2,1-2H3,(H,17,18,19). The van der Waals surface area contributed by atoms with E-state index in [4.69, 9.17) is 4.74 Å². The summed E-state index contributed by atoms with van der Waals surface area (Å²) in [6.45, 7) is 2.60. The highest BCUT2D eigenvalue weighted by atomic mass is 19.2. The van der Waals surface area contributed by atoms with Crippen LogP contribution in [0.15, 0.2) is 24.3 Å². The Labute approximate surface area is 115 Å². The van der Waals surface area contributed by atoms with Gasteiger partial charge in [0.25, 0.3) is 0 Å². The zero-order valence-electron chi connectivity index (χ0n) is 11.3. The molecule has 2 rings (SSSR count). The van der Waals surface area contributed by atoms with Crippen molar-refractivity contribution in [2.45, 2.75) is 13.5 Å². The first-order valence-electron chi connectivity index (χ1n) is 6.23. The number of hydrogen-bond acceptors (Lipinski definition) is 4. The Balaban J connectivity index is 2.47. The van der Waals surface area contributed by atoms with Crippen molar-refractivity contribution in [3.8, 4) is 11.3 Å². The van der Waals surface area contributed by atoms with Crippen molar-refractivity contribution in [2.75, 3.05) is 19.0 Å². The second-order valence-electron chi connectivity index (χ2n) is 4.04. The van der Waals surface area contributed by atoms with Gasteiger partial charge in [-0.1, -0.05) is 6.07 Å². The largest absolute Gasteiger partial charge is 0.374 e. The van der Waals surface area contributed by atoms with Gasteiger partial charge in [0.05, 0.1) is 5.69 Å². The summed E-state index contributed by atoms with van der Waals surface area (Å²) in [6.07, 6.45) is 0. The predicted molar refractivity (Wildman–Crippen MR) is 72.3 cm³/mol. The highest BCUT2D eigenvalue weighted by Crippen LogP contribution is 2.24. The number of benzene rings is 1. The average molecular weight is 279 g/mol. The predicted octanol–water partition coefficient (Wildman–Crippen LogP) is 3.00. The molecule has 4 nitrogen and oxygen atoms in total. The summed E-state index contributed by atoms with van der Waals surface area (Å²) < 4.78 is 32.4. The molecule has 0 saturated carbocycles. The number of rotatable bonds is 5. The lowest BCUT2D eigenvalue weighted by Crippen LogP contribution is -2.04. The van der Waals surface area contributed by atoms with Gasteiger partial charge in [0, 0.05) is 25.3 Å². The third-order valence-electron chi connectivity index (χ3n) is 2.69. The first-order chi connectivity index (χ1) is 9.65. The van der Waals surface area contributed by atoms with Crippen LogP contribution < -0.4 is 5.32 Å². The molecule has 0 radical (unpaired) electrons. The van der Waals surface area contributed by atoms with E-state index in [9.17, 15) is 8.78 Å². The van der Waals surface area contributed by atoms with Crippen molar-refractivity contribution < 1.29 is 13.5 Å². The topological polar surface area (TPSA) is 47.0 Å². The molecule has 0 aliphatic rings. The Kier molecular flexibility index (Phi) is 4.57. The van der Waals surface area contributed by atoms with Crippen molar-refractivity contribution in [2.24, 2.45) is 0 Å². The normalized spacial score (nSPS) is 10.6. The van der Waals surface area contributed by atoms with E-state index in [0.717, 1.165) is 6.07 Å². The van der Waals surface area contributed by atoms with Gasteiger partial charge in [0.2, 0.25) is 0 Å². The lowest BCUT2D eigenvalue weighted by Gasteiger charge is -2.09. The van der Waals surface area contributed by atoms with Crippen LogP contribution in [0.4, 0.5) is 14.6 Å². The molecule has 0 aliphatic heterocycles. The summed E-state index contributed by atoms with van der Waals surface area (Å²) >= 11 is 0. The molecular formula is C14H15F2N3O. The van der Waals surface area contributed by atoms with Crippen LogP contribution in [0.3, 0.4) is 0 Å². The molecule has 0 unspecified atom stereocenters. The van der Waals surface area contributed by atoms with Gasteiger partial charge in [-0.3, -0.25) is 0 Å². The zero-order valence-corrected chi connectivity index (χ0v) is 11.3. The number of anilines is 1. The quantitative estimate of drug-likeness (QED) is 0.914. The minimum Gasteiger partial charge on any atom is -0.374 e. The number of aromatic nitrogens is 2. The maximum atomic E-state index is 13.8. The van der Waals surface area contributed by atoms with Crippen LogP contribution in [0.1, 0.15) is 12.7 Å². The van der Waals surface area contributed by atoms with E-state index in [2.05, 4.69) is 15.3 Å². The minimum atomic E-state index is -0.921. The molecule has 1 aromatic carbocycles. The van der Waals surface area contributed by atoms with E-state index in [-0.39, 0.29) is 12.2 Å². The van der Waals surface area contributed by atoms with Crippen LogP contribution in [-0.4, -0.2) is 23.6 Å². The molecular weight excluding hydrogens is 264 g/mol. The summed E-state index contributed by atoms with van der Waals surface area (Å²) in [7, 11) is 1.69. The van der Waals surface area contributed by atoms with Gasteiger partial charge in [-0.05, 0) is 19.1 Å². The van der Waals surface area contributed by atoms with Crippen LogP contribution in [0.2, 0.25) is 0 Å². The third kappa shape index (κ3) is 3.08. The van der Waals surface area contributed by atoms with Crippen LogP contribution in [-0.2, 0) is 11.3 Å². The molecule has 0 bridgehead atoms. The molecule has 0 spiro atoms. The van der Waals surface area contributed by atoms with Crippen LogP contribution in [0, 0.1) is 11.6 Å². The number of nitrogens with zero attached hydrogens (tertiary/aromatic N) is 2. The lowest BCUT2D eigenvalue weighted by atomic mass is 10.1. The van der Waals surface area contributed by atoms with Gasteiger partial charge in [-0.2, -0.15) is 0 Å². The van der Waals surface area contributed by atoms with Crippen LogP contribution in [0.5, 0.6) is 0 Å². The van der Waals surface area contributed by atoms with Crippen molar-refractivity contribution >= 4 is 5.82 Å². The van der Waals surface area contributed by atoms with Crippen LogP contribution >= 0.6 is 0 Å². The smallest absolute Gasteiger partial charge is 0.168 e.